The molecule has 0 aliphatic carbocycles. The van der Waals surface area contributed by atoms with E-state index in [1.165, 1.54) is 23.9 Å². The van der Waals surface area contributed by atoms with Crippen molar-refractivity contribution in [3.05, 3.63) is 101 Å². The van der Waals surface area contributed by atoms with Crippen molar-refractivity contribution in [2.45, 2.75) is 11.7 Å². The van der Waals surface area contributed by atoms with Gasteiger partial charge in [0.1, 0.15) is 11.6 Å². The first-order valence-electron chi connectivity index (χ1n) is 9.25. The molecule has 0 fully saturated rings. The Kier molecular flexibility index (Phi) is 5.91. The highest BCUT2D eigenvalue weighted by molar-refractivity contribution is 7.99. The molecule has 4 nitrogen and oxygen atoms in total. The molecule has 0 aliphatic rings. The van der Waals surface area contributed by atoms with Gasteiger partial charge >= 0.3 is 0 Å². The van der Waals surface area contributed by atoms with Crippen molar-refractivity contribution < 1.29 is 9.13 Å². The summed E-state index contributed by atoms with van der Waals surface area (Å²) in [6.07, 6.45) is 0. The van der Waals surface area contributed by atoms with Gasteiger partial charge < -0.3 is 4.74 Å². The molecule has 0 N–H and O–H groups in total. The van der Waals surface area contributed by atoms with E-state index in [1.807, 2.05) is 48.5 Å². The van der Waals surface area contributed by atoms with Gasteiger partial charge in [-0.25, -0.2) is 9.37 Å². The number of fused-ring (bicyclic) bond motifs is 1. The Hall–Kier alpha value is -3.12. The molecule has 4 aromatic rings. The summed E-state index contributed by atoms with van der Waals surface area (Å²) in [6.45, 7) is 0.826. The van der Waals surface area contributed by atoms with Crippen LogP contribution in [0.15, 0.2) is 88.8 Å². The molecule has 0 amide bonds. The standard InChI is InChI=1S/C23H19FN2O2S/c24-18-12-10-17(11-13-18)16-26-22(27)20-8-4-5-9-21(20)25-23(26)29-15-14-28-19-6-2-1-3-7-19/h1-13H,14-16H2. The summed E-state index contributed by atoms with van der Waals surface area (Å²) in [7, 11) is 0. The highest BCUT2D eigenvalue weighted by Gasteiger charge is 2.12. The van der Waals surface area contributed by atoms with Crippen LogP contribution in [0.5, 0.6) is 5.75 Å². The average Bonchev–Trinajstić information content (AvgIpc) is 2.76. The zero-order chi connectivity index (χ0) is 20.1. The van der Waals surface area contributed by atoms with Crippen LogP contribution in [0, 0.1) is 5.82 Å². The summed E-state index contributed by atoms with van der Waals surface area (Å²) in [4.78, 5) is 17.8. The predicted molar refractivity (Wildman–Crippen MR) is 114 cm³/mol. The minimum absolute atomic E-state index is 0.105. The number of nitrogens with zero attached hydrogens (tertiary/aromatic N) is 2. The minimum atomic E-state index is -0.301. The lowest BCUT2D eigenvalue weighted by Gasteiger charge is -2.13. The van der Waals surface area contributed by atoms with Crippen molar-refractivity contribution in [1.82, 2.24) is 9.55 Å². The van der Waals surface area contributed by atoms with Gasteiger partial charge in [0, 0.05) is 5.75 Å². The molecule has 1 aromatic heterocycles. The molecule has 29 heavy (non-hydrogen) atoms. The topological polar surface area (TPSA) is 44.1 Å². The Morgan fingerprint density at radius 1 is 0.931 bits per heavy atom. The lowest BCUT2D eigenvalue weighted by Crippen LogP contribution is -2.24. The van der Waals surface area contributed by atoms with Crippen molar-refractivity contribution in [2.24, 2.45) is 0 Å². The second-order valence-corrected chi connectivity index (χ2v) is 7.50. The largest absolute Gasteiger partial charge is 0.493 e. The van der Waals surface area contributed by atoms with Crippen LogP contribution in [-0.4, -0.2) is 21.9 Å². The van der Waals surface area contributed by atoms with E-state index in [0.29, 0.717) is 35.0 Å². The minimum Gasteiger partial charge on any atom is -0.493 e. The number of hydrogen-bond donors (Lipinski definition) is 0. The number of benzene rings is 3. The van der Waals surface area contributed by atoms with Crippen molar-refractivity contribution in [3.63, 3.8) is 0 Å². The van der Waals surface area contributed by atoms with Gasteiger partial charge in [-0.1, -0.05) is 54.2 Å². The van der Waals surface area contributed by atoms with E-state index in [-0.39, 0.29) is 11.4 Å². The highest BCUT2D eigenvalue weighted by Crippen LogP contribution is 2.19. The summed E-state index contributed by atoms with van der Waals surface area (Å²) >= 11 is 1.47. The van der Waals surface area contributed by atoms with Crippen LogP contribution in [0.1, 0.15) is 5.56 Å². The first-order valence-corrected chi connectivity index (χ1v) is 10.2. The van der Waals surface area contributed by atoms with Crippen LogP contribution in [0.2, 0.25) is 0 Å². The fourth-order valence-electron chi connectivity index (χ4n) is 2.98. The molecule has 3 aromatic carbocycles. The molecule has 1 heterocycles. The predicted octanol–water partition coefficient (Wildman–Crippen LogP) is 4.76. The van der Waals surface area contributed by atoms with E-state index in [1.54, 1.807) is 22.8 Å². The molecule has 0 saturated carbocycles. The molecule has 0 unspecified atom stereocenters. The SMILES string of the molecule is O=c1c2ccccc2nc(SCCOc2ccccc2)n1Cc1ccc(F)cc1. The van der Waals surface area contributed by atoms with E-state index >= 15 is 0 Å². The molecule has 0 atom stereocenters. The summed E-state index contributed by atoms with van der Waals surface area (Å²) in [6, 6.07) is 23.1. The third-order valence-electron chi connectivity index (χ3n) is 4.41. The molecule has 0 spiro atoms. The Morgan fingerprint density at radius 2 is 1.66 bits per heavy atom. The quantitative estimate of drug-likeness (QED) is 0.252. The van der Waals surface area contributed by atoms with Crippen molar-refractivity contribution in [2.75, 3.05) is 12.4 Å². The van der Waals surface area contributed by atoms with Crippen LogP contribution >= 0.6 is 11.8 Å². The Balaban J connectivity index is 1.58. The van der Waals surface area contributed by atoms with E-state index in [9.17, 15) is 9.18 Å². The molecular weight excluding hydrogens is 387 g/mol. The first-order chi connectivity index (χ1) is 14.2. The monoisotopic (exact) mass is 406 g/mol. The maximum Gasteiger partial charge on any atom is 0.262 e. The number of rotatable bonds is 7. The normalized spacial score (nSPS) is 10.9. The van der Waals surface area contributed by atoms with Crippen molar-refractivity contribution in [3.8, 4) is 5.75 Å². The zero-order valence-corrected chi connectivity index (χ0v) is 16.4. The number of ether oxygens (including phenoxy) is 1. The summed E-state index contributed by atoms with van der Waals surface area (Å²) in [5, 5.41) is 1.19. The van der Waals surface area contributed by atoms with Crippen LogP contribution in [0.3, 0.4) is 0 Å². The van der Waals surface area contributed by atoms with Crippen LogP contribution in [0.25, 0.3) is 10.9 Å². The van der Waals surface area contributed by atoms with Crippen molar-refractivity contribution >= 4 is 22.7 Å². The number of para-hydroxylation sites is 2. The molecule has 0 radical (unpaired) electrons. The lowest BCUT2D eigenvalue weighted by molar-refractivity contribution is 0.344. The average molecular weight is 406 g/mol. The number of halogens is 1. The van der Waals surface area contributed by atoms with E-state index in [0.717, 1.165) is 11.3 Å². The summed E-state index contributed by atoms with van der Waals surface area (Å²) < 4.78 is 20.6. The molecular formula is C23H19FN2O2S. The van der Waals surface area contributed by atoms with E-state index in [2.05, 4.69) is 0 Å². The number of hydrogen-bond acceptors (Lipinski definition) is 4. The van der Waals surface area contributed by atoms with Gasteiger partial charge in [-0.2, -0.15) is 0 Å². The van der Waals surface area contributed by atoms with Gasteiger partial charge in [0.2, 0.25) is 0 Å². The number of aromatic nitrogens is 2. The molecule has 6 heteroatoms. The van der Waals surface area contributed by atoms with E-state index in [4.69, 9.17) is 9.72 Å². The third-order valence-corrected chi connectivity index (χ3v) is 5.35. The Morgan fingerprint density at radius 3 is 2.45 bits per heavy atom. The Labute approximate surface area is 172 Å². The van der Waals surface area contributed by atoms with Crippen molar-refractivity contribution in [1.29, 1.82) is 0 Å². The maximum atomic E-state index is 13.2. The van der Waals surface area contributed by atoms with Gasteiger partial charge in [-0.05, 0) is 42.0 Å². The van der Waals surface area contributed by atoms with Crippen LogP contribution < -0.4 is 10.3 Å². The highest BCUT2D eigenvalue weighted by atomic mass is 32.2. The fourth-order valence-corrected chi connectivity index (χ4v) is 3.79. The molecule has 0 bridgehead atoms. The molecule has 146 valence electrons. The number of thioether (sulfide) groups is 1. The second-order valence-electron chi connectivity index (χ2n) is 6.44. The van der Waals surface area contributed by atoms with Crippen LogP contribution in [0.4, 0.5) is 4.39 Å². The Bertz CT molecular complexity index is 1160. The van der Waals surface area contributed by atoms with Gasteiger partial charge in [-0.3, -0.25) is 9.36 Å². The zero-order valence-electron chi connectivity index (χ0n) is 15.6. The molecule has 0 saturated heterocycles. The fraction of sp³-hybridized carbons (Fsp3) is 0.130. The molecule has 4 rings (SSSR count). The second kappa shape index (κ2) is 8.92. The first kappa shape index (κ1) is 19.2. The van der Waals surface area contributed by atoms with Gasteiger partial charge in [0.05, 0.1) is 24.1 Å². The smallest absolute Gasteiger partial charge is 0.262 e. The van der Waals surface area contributed by atoms with E-state index < -0.39 is 0 Å². The third kappa shape index (κ3) is 4.66. The van der Waals surface area contributed by atoms with Gasteiger partial charge in [-0.15, -0.1) is 0 Å². The summed E-state index contributed by atoms with van der Waals surface area (Å²) in [5.74, 6) is 1.15. The van der Waals surface area contributed by atoms with Gasteiger partial charge in [0.25, 0.3) is 5.56 Å². The van der Waals surface area contributed by atoms with Gasteiger partial charge in [0.15, 0.2) is 5.16 Å². The van der Waals surface area contributed by atoms with Crippen LogP contribution in [-0.2, 0) is 6.54 Å². The lowest BCUT2D eigenvalue weighted by atomic mass is 10.2. The molecule has 0 aliphatic heterocycles. The maximum absolute atomic E-state index is 13.2. The summed E-state index contributed by atoms with van der Waals surface area (Å²) in [5.41, 5.74) is 1.40.